The minimum absolute atomic E-state index is 0.0853. The van der Waals surface area contributed by atoms with Crippen LogP contribution in [-0.2, 0) is 16.7 Å². The van der Waals surface area contributed by atoms with Crippen LogP contribution in [0.5, 0.6) is 0 Å². The van der Waals surface area contributed by atoms with Gasteiger partial charge in [0.05, 0.1) is 41.2 Å². The molecule has 0 unspecified atom stereocenters. The SMILES string of the molecule is CC(C)(C)c1coc(N2C[C@@]3(CCC[C@](C)(Cn4cnc5ccc(C#N)cc54)C3)OC2=O)n1. The molecule has 1 aliphatic heterocycles. The number of benzene rings is 1. The van der Waals surface area contributed by atoms with Crippen molar-refractivity contribution >= 4 is 23.1 Å². The zero-order chi connectivity index (χ0) is 23.4. The Kier molecular flexibility index (Phi) is 4.78. The van der Waals surface area contributed by atoms with Gasteiger partial charge in [0.15, 0.2) is 0 Å². The van der Waals surface area contributed by atoms with Crippen LogP contribution in [0.25, 0.3) is 11.0 Å². The first-order chi connectivity index (χ1) is 15.6. The predicted octanol–water partition coefficient (Wildman–Crippen LogP) is 5.17. The Morgan fingerprint density at radius 1 is 1.27 bits per heavy atom. The lowest BCUT2D eigenvalue weighted by Crippen LogP contribution is -2.45. The molecule has 2 aromatic heterocycles. The van der Waals surface area contributed by atoms with Crippen LogP contribution >= 0.6 is 0 Å². The summed E-state index contributed by atoms with van der Waals surface area (Å²) in [6.07, 6.45) is 6.62. The van der Waals surface area contributed by atoms with Gasteiger partial charge in [0.25, 0.3) is 0 Å². The molecule has 2 aliphatic rings. The molecular formula is C25H29N5O3. The normalized spacial score (nSPS) is 25.5. The van der Waals surface area contributed by atoms with Crippen LogP contribution in [0.2, 0.25) is 0 Å². The fourth-order valence-electron chi connectivity index (χ4n) is 5.32. The third-order valence-electron chi connectivity index (χ3n) is 6.93. The van der Waals surface area contributed by atoms with Crippen LogP contribution < -0.4 is 4.90 Å². The first kappa shape index (κ1) is 21.5. The van der Waals surface area contributed by atoms with Crippen molar-refractivity contribution in [3.8, 4) is 6.07 Å². The molecular weight excluding hydrogens is 418 g/mol. The molecule has 1 saturated carbocycles. The molecule has 1 aliphatic carbocycles. The highest BCUT2D eigenvalue weighted by Crippen LogP contribution is 2.48. The lowest BCUT2D eigenvalue weighted by atomic mass is 9.68. The average Bonchev–Trinajstić information content (AvgIpc) is 3.45. The number of carbonyl (C=O) groups is 1. The zero-order valence-electron chi connectivity index (χ0n) is 19.6. The summed E-state index contributed by atoms with van der Waals surface area (Å²) in [5.41, 5.74) is 2.45. The summed E-state index contributed by atoms with van der Waals surface area (Å²) in [5.74, 6) is 0. The van der Waals surface area contributed by atoms with Gasteiger partial charge in [0, 0.05) is 12.0 Å². The molecule has 1 aromatic carbocycles. The molecule has 33 heavy (non-hydrogen) atoms. The summed E-state index contributed by atoms with van der Waals surface area (Å²) in [4.78, 5) is 23.4. The van der Waals surface area contributed by atoms with Gasteiger partial charge < -0.3 is 13.7 Å². The van der Waals surface area contributed by atoms with E-state index >= 15 is 0 Å². The molecule has 1 spiro atoms. The molecule has 2 fully saturated rings. The largest absolute Gasteiger partial charge is 0.441 e. The number of fused-ring (bicyclic) bond motifs is 1. The zero-order valence-corrected chi connectivity index (χ0v) is 19.6. The van der Waals surface area contributed by atoms with E-state index in [2.05, 4.69) is 48.3 Å². The maximum Gasteiger partial charge on any atom is 0.418 e. The van der Waals surface area contributed by atoms with Gasteiger partial charge in [-0.3, -0.25) is 0 Å². The van der Waals surface area contributed by atoms with Gasteiger partial charge in [0.2, 0.25) is 0 Å². The van der Waals surface area contributed by atoms with Crippen LogP contribution in [0.1, 0.15) is 64.6 Å². The molecule has 3 heterocycles. The highest BCUT2D eigenvalue weighted by atomic mass is 16.6. The van der Waals surface area contributed by atoms with Gasteiger partial charge in [0.1, 0.15) is 11.9 Å². The number of nitrogens with zero attached hydrogens (tertiary/aromatic N) is 5. The first-order valence-corrected chi connectivity index (χ1v) is 11.4. The Hall–Kier alpha value is -3.34. The van der Waals surface area contributed by atoms with E-state index in [0.29, 0.717) is 18.1 Å². The monoisotopic (exact) mass is 447 g/mol. The van der Waals surface area contributed by atoms with Gasteiger partial charge in [-0.2, -0.15) is 10.2 Å². The van der Waals surface area contributed by atoms with Gasteiger partial charge in [-0.1, -0.05) is 27.7 Å². The van der Waals surface area contributed by atoms with Gasteiger partial charge in [-0.05, 0) is 49.3 Å². The van der Waals surface area contributed by atoms with E-state index in [0.717, 1.165) is 49.0 Å². The second-order valence-electron chi connectivity index (χ2n) is 10.9. The maximum absolute atomic E-state index is 12.8. The fourth-order valence-corrected chi connectivity index (χ4v) is 5.32. The smallest absolute Gasteiger partial charge is 0.418 e. The van der Waals surface area contributed by atoms with Crippen molar-refractivity contribution in [2.45, 2.75) is 70.9 Å². The predicted molar refractivity (Wildman–Crippen MR) is 123 cm³/mol. The standard InChI is InChI=1S/C25H29N5O3/c1-23(2,3)20-12-32-21(28-20)30-15-25(33-22(30)31)9-5-8-24(4,13-25)14-29-16-27-18-7-6-17(11-26)10-19(18)29/h6-7,10,12,16H,5,8-9,13-15H2,1-4H3/t24-,25-/m0/s1. The fraction of sp³-hybridized carbons (Fsp3) is 0.520. The summed E-state index contributed by atoms with van der Waals surface area (Å²) in [5, 5.41) is 9.28. The molecule has 172 valence electrons. The van der Waals surface area contributed by atoms with Crippen molar-refractivity contribution in [2.75, 3.05) is 11.4 Å². The van der Waals surface area contributed by atoms with E-state index in [1.54, 1.807) is 12.3 Å². The van der Waals surface area contributed by atoms with Crippen molar-refractivity contribution in [1.29, 1.82) is 5.26 Å². The van der Waals surface area contributed by atoms with E-state index in [1.807, 2.05) is 18.5 Å². The first-order valence-electron chi connectivity index (χ1n) is 11.4. The van der Waals surface area contributed by atoms with Crippen molar-refractivity contribution in [1.82, 2.24) is 14.5 Å². The van der Waals surface area contributed by atoms with Crippen LogP contribution in [0.4, 0.5) is 10.8 Å². The molecule has 2 atom stereocenters. The van der Waals surface area contributed by atoms with E-state index in [1.165, 1.54) is 4.90 Å². The molecule has 0 N–H and O–H groups in total. The minimum atomic E-state index is -0.561. The Bertz CT molecular complexity index is 1260. The van der Waals surface area contributed by atoms with Crippen LogP contribution in [-0.4, -0.2) is 32.8 Å². The number of oxazole rings is 1. The highest BCUT2D eigenvalue weighted by Gasteiger charge is 2.52. The van der Waals surface area contributed by atoms with Crippen molar-refractivity contribution < 1.29 is 13.9 Å². The van der Waals surface area contributed by atoms with Crippen molar-refractivity contribution in [2.24, 2.45) is 5.41 Å². The quantitative estimate of drug-likeness (QED) is 0.549. The van der Waals surface area contributed by atoms with E-state index in [-0.39, 0.29) is 10.8 Å². The number of hydrogen-bond donors (Lipinski definition) is 0. The van der Waals surface area contributed by atoms with Gasteiger partial charge in [-0.25, -0.2) is 14.7 Å². The number of ether oxygens (including phenoxy) is 1. The molecule has 0 radical (unpaired) electrons. The number of imidazole rings is 1. The van der Waals surface area contributed by atoms with Crippen LogP contribution in [0.15, 0.2) is 35.2 Å². The third kappa shape index (κ3) is 3.86. The number of carbonyl (C=O) groups excluding carboxylic acids is 1. The van der Waals surface area contributed by atoms with Crippen molar-refractivity contribution in [3.05, 3.63) is 42.0 Å². The van der Waals surface area contributed by atoms with E-state index in [9.17, 15) is 10.1 Å². The summed E-state index contributed by atoms with van der Waals surface area (Å²) in [6, 6.07) is 8.07. The van der Waals surface area contributed by atoms with Gasteiger partial charge >= 0.3 is 12.1 Å². The lowest BCUT2D eigenvalue weighted by molar-refractivity contribution is -0.0264. The number of rotatable bonds is 3. The molecule has 5 rings (SSSR count). The molecule has 8 nitrogen and oxygen atoms in total. The van der Waals surface area contributed by atoms with Gasteiger partial charge in [-0.15, -0.1) is 0 Å². The van der Waals surface area contributed by atoms with Crippen molar-refractivity contribution in [3.63, 3.8) is 0 Å². The number of aromatic nitrogens is 3. The number of nitriles is 1. The highest BCUT2D eigenvalue weighted by molar-refractivity contribution is 5.87. The third-order valence-corrected chi connectivity index (χ3v) is 6.93. The molecule has 3 aromatic rings. The minimum Gasteiger partial charge on any atom is -0.441 e. The molecule has 0 bridgehead atoms. The Labute approximate surface area is 193 Å². The lowest BCUT2D eigenvalue weighted by Gasteiger charge is -2.43. The number of amides is 1. The number of hydrogen-bond acceptors (Lipinski definition) is 6. The average molecular weight is 448 g/mol. The Morgan fingerprint density at radius 3 is 2.82 bits per heavy atom. The maximum atomic E-state index is 12.8. The van der Waals surface area contributed by atoms with Crippen LogP contribution in [0, 0.1) is 16.7 Å². The number of anilines is 1. The summed E-state index contributed by atoms with van der Waals surface area (Å²) in [7, 11) is 0. The Morgan fingerprint density at radius 2 is 2.09 bits per heavy atom. The summed E-state index contributed by atoms with van der Waals surface area (Å²) < 4.78 is 13.8. The second-order valence-corrected chi connectivity index (χ2v) is 10.9. The van der Waals surface area contributed by atoms with E-state index in [4.69, 9.17) is 9.15 Å². The topological polar surface area (TPSA) is 97.2 Å². The second kappa shape index (κ2) is 7.34. The van der Waals surface area contributed by atoms with E-state index < -0.39 is 11.7 Å². The molecule has 1 saturated heterocycles. The Balaban J connectivity index is 1.38. The van der Waals surface area contributed by atoms with Crippen LogP contribution in [0.3, 0.4) is 0 Å². The summed E-state index contributed by atoms with van der Waals surface area (Å²) >= 11 is 0. The molecule has 8 heteroatoms. The summed E-state index contributed by atoms with van der Waals surface area (Å²) in [6.45, 7) is 9.60. The molecule has 1 amide bonds.